The molecule has 0 saturated carbocycles. The number of nitrogens with one attached hydrogen (secondary N) is 2. The average Bonchev–Trinajstić information content (AvgIpc) is 3.12. The molecule has 0 fully saturated rings. The van der Waals surface area contributed by atoms with Crippen molar-refractivity contribution in [3.8, 4) is 0 Å². The molecule has 0 saturated heterocycles. The number of nitrogens with zero attached hydrogens (tertiary/aromatic N) is 1. The number of pyridine rings is 1. The van der Waals surface area contributed by atoms with Crippen LogP contribution >= 0.6 is 0 Å². The van der Waals surface area contributed by atoms with Crippen LogP contribution in [0.5, 0.6) is 0 Å². The van der Waals surface area contributed by atoms with Crippen LogP contribution in [0.1, 0.15) is 28.8 Å². The van der Waals surface area contributed by atoms with Gasteiger partial charge in [0.25, 0.3) is 0 Å². The third-order valence-corrected chi connectivity index (χ3v) is 4.65. The molecule has 1 atom stereocenters. The van der Waals surface area contributed by atoms with E-state index in [1.807, 2.05) is 18.2 Å². The first-order valence-corrected chi connectivity index (χ1v) is 8.87. The number of hydrogen-bond donors (Lipinski definition) is 3. The van der Waals surface area contributed by atoms with Crippen LogP contribution in [0.15, 0.2) is 42.6 Å². The Labute approximate surface area is 148 Å². The van der Waals surface area contributed by atoms with Crippen LogP contribution in [-0.2, 0) is 25.8 Å². The molecule has 5 heteroatoms. The molecule has 1 aromatic heterocycles. The van der Waals surface area contributed by atoms with Crippen molar-refractivity contribution in [3.05, 3.63) is 65.0 Å². The van der Waals surface area contributed by atoms with Gasteiger partial charge in [0, 0.05) is 37.5 Å². The molecule has 132 valence electrons. The summed E-state index contributed by atoms with van der Waals surface area (Å²) < 4.78 is 0. The molecular weight excluding hydrogens is 314 g/mol. The van der Waals surface area contributed by atoms with E-state index >= 15 is 0 Å². The Hall–Kier alpha value is -2.40. The normalized spacial score (nSPS) is 14.0. The van der Waals surface area contributed by atoms with Crippen molar-refractivity contribution in [2.75, 3.05) is 13.2 Å². The Morgan fingerprint density at radius 2 is 2.04 bits per heavy atom. The van der Waals surface area contributed by atoms with E-state index in [-0.39, 0.29) is 18.6 Å². The van der Waals surface area contributed by atoms with Gasteiger partial charge >= 0.3 is 6.03 Å². The summed E-state index contributed by atoms with van der Waals surface area (Å²) in [6.07, 6.45) is 5.91. The minimum atomic E-state index is -0.208. The highest BCUT2D eigenvalue weighted by molar-refractivity contribution is 5.73. The van der Waals surface area contributed by atoms with Crippen LogP contribution < -0.4 is 10.6 Å². The Kier molecular flexibility index (Phi) is 6.01. The monoisotopic (exact) mass is 339 g/mol. The zero-order valence-corrected chi connectivity index (χ0v) is 14.4. The average molecular weight is 339 g/mol. The zero-order chi connectivity index (χ0) is 17.5. The maximum atomic E-state index is 12.0. The van der Waals surface area contributed by atoms with Gasteiger partial charge in [-0.3, -0.25) is 4.98 Å². The Bertz CT molecular complexity index is 703. The first-order valence-electron chi connectivity index (χ1n) is 8.87. The molecule has 2 amide bonds. The predicted octanol–water partition coefficient (Wildman–Crippen LogP) is 2.22. The van der Waals surface area contributed by atoms with Crippen LogP contribution in [0.25, 0.3) is 0 Å². The van der Waals surface area contributed by atoms with E-state index in [2.05, 4.69) is 33.8 Å². The van der Waals surface area contributed by atoms with Gasteiger partial charge in [0.05, 0.1) is 0 Å². The number of aliphatic hydroxyl groups is 1. The van der Waals surface area contributed by atoms with Crippen LogP contribution in [0, 0.1) is 5.92 Å². The largest absolute Gasteiger partial charge is 0.396 e. The third kappa shape index (κ3) is 5.03. The summed E-state index contributed by atoms with van der Waals surface area (Å²) in [6.45, 7) is 0.952. The number of fused-ring (bicyclic) bond motifs is 1. The first-order chi connectivity index (χ1) is 12.2. The highest BCUT2D eigenvalue weighted by Gasteiger charge is 2.13. The van der Waals surface area contributed by atoms with Gasteiger partial charge in [-0.1, -0.05) is 24.3 Å². The Morgan fingerprint density at radius 3 is 2.84 bits per heavy atom. The van der Waals surface area contributed by atoms with Gasteiger partial charge < -0.3 is 15.7 Å². The SMILES string of the molecule is O=C(NCc1ccc2c(c1)CCC2)NCC(CO)Cc1ccccn1. The maximum absolute atomic E-state index is 12.0. The summed E-state index contributed by atoms with van der Waals surface area (Å²) in [5.41, 5.74) is 4.90. The molecule has 1 aliphatic rings. The highest BCUT2D eigenvalue weighted by atomic mass is 16.3. The van der Waals surface area contributed by atoms with Gasteiger partial charge in [-0.2, -0.15) is 0 Å². The lowest BCUT2D eigenvalue weighted by atomic mass is 10.0. The highest BCUT2D eigenvalue weighted by Crippen LogP contribution is 2.22. The molecular formula is C20H25N3O2. The van der Waals surface area contributed by atoms with Gasteiger partial charge in [0.1, 0.15) is 0 Å². The lowest BCUT2D eigenvalue weighted by molar-refractivity contribution is 0.213. The standard InChI is InChI=1S/C20H25N3O2/c24-14-16(11-19-6-1-2-9-21-19)13-23-20(25)22-12-15-7-8-17-4-3-5-18(17)10-15/h1-2,6-10,16,24H,3-5,11-14H2,(H2,22,23,25). The molecule has 0 radical (unpaired) electrons. The van der Waals surface area contributed by atoms with E-state index in [0.29, 0.717) is 19.5 Å². The molecule has 0 spiro atoms. The molecule has 1 heterocycles. The lowest BCUT2D eigenvalue weighted by Gasteiger charge is -2.15. The number of aromatic nitrogens is 1. The first kappa shape index (κ1) is 17.4. The van der Waals surface area contributed by atoms with Crippen molar-refractivity contribution in [3.63, 3.8) is 0 Å². The number of urea groups is 1. The van der Waals surface area contributed by atoms with E-state index in [1.54, 1.807) is 6.20 Å². The molecule has 1 aliphatic carbocycles. The number of carbonyl (C=O) groups is 1. The molecule has 2 aromatic rings. The van der Waals surface area contributed by atoms with Crippen LogP contribution in [-0.4, -0.2) is 29.3 Å². The molecule has 3 rings (SSSR count). The molecule has 25 heavy (non-hydrogen) atoms. The number of amides is 2. The van der Waals surface area contributed by atoms with Gasteiger partial charge in [0.15, 0.2) is 0 Å². The maximum Gasteiger partial charge on any atom is 0.315 e. The number of carbonyl (C=O) groups excluding carboxylic acids is 1. The minimum Gasteiger partial charge on any atom is -0.396 e. The summed E-state index contributed by atoms with van der Waals surface area (Å²) >= 11 is 0. The van der Waals surface area contributed by atoms with E-state index in [9.17, 15) is 9.90 Å². The number of hydrogen-bond acceptors (Lipinski definition) is 3. The summed E-state index contributed by atoms with van der Waals surface area (Å²) in [5.74, 6) is -0.0411. The summed E-state index contributed by atoms with van der Waals surface area (Å²) in [4.78, 5) is 16.3. The summed E-state index contributed by atoms with van der Waals surface area (Å²) in [5, 5.41) is 15.2. The van der Waals surface area contributed by atoms with Gasteiger partial charge in [-0.25, -0.2) is 4.79 Å². The van der Waals surface area contributed by atoms with Crippen molar-refractivity contribution in [1.82, 2.24) is 15.6 Å². The number of aryl methyl sites for hydroxylation is 2. The van der Waals surface area contributed by atoms with Crippen molar-refractivity contribution in [1.29, 1.82) is 0 Å². The van der Waals surface area contributed by atoms with E-state index in [1.165, 1.54) is 24.0 Å². The molecule has 1 aromatic carbocycles. The van der Waals surface area contributed by atoms with Crippen LogP contribution in [0.2, 0.25) is 0 Å². The topological polar surface area (TPSA) is 74.2 Å². The third-order valence-electron chi connectivity index (χ3n) is 4.65. The lowest BCUT2D eigenvalue weighted by Crippen LogP contribution is -2.39. The number of rotatable bonds is 7. The van der Waals surface area contributed by atoms with Crippen LogP contribution in [0.4, 0.5) is 4.79 Å². The fraction of sp³-hybridized carbons (Fsp3) is 0.400. The van der Waals surface area contributed by atoms with Crippen molar-refractivity contribution in [2.24, 2.45) is 5.92 Å². The fourth-order valence-corrected chi connectivity index (χ4v) is 3.23. The smallest absolute Gasteiger partial charge is 0.315 e. The Morgan fingerprint density at radius 1 is 1.16 bits per heavy atom. The zero-order valence-electron chi connectivity index (χ0n) is 14.4. The van der Waals surface area contributed by atoms with Gasteiger partial charge in [-0.15, -0.1) is 0 Å². The summed E-state index contributed by atoms with van der Waals surface area (Å²) in [6, 6.07) is 12.0. The van der Waals surface area contributed by atoms with Gasteiger partial charge in [0.2, 0.25) is 0 Å². The molecule has 0 bridgehead atoms. The summed E-state index contributed by atoms with van der Waals surface area (Å²) in [7, 11) is 0. The Balaban J connectivity index is 1.42. The number of benzene rings is 1. The van der Waals surface area contributed by atoms with E-state index in [4.69, 9.17) is 0 Å². The molecule has 5 nitrogen and oxygen atoms in total. The molecule has 1 unspecified atom stereocenters. The number of aliphatic hydroxyl groups excluding tert-OH is 1. The second kappa shape index (κ2) is 8.62. The van der Waals surface area contributed by atoms with Gasteiger partial charge in [-0.05, 0) is 54.5 Å². The van der Waals surface area contributed by atoms with E-state index in [0.717, 1.165) is 17.7 Å². The van der Waals surface area contributed by atoms with Crippen molar-refractivity contribution >= 4 is 6.03 Å². The van der Waals surface area contributed by atoms with Crippen molar-refractivity contribution in [2.45, 2.75) is 32.2 Å². The molecule has 0 aliphatic heterocycles. The van der Waals surface area contributed by atoms with E-state index < -0.39 is 0 Å². The second-order valence-electron chi connectivity index (χ2n) is 6.59. The van der Waals surface area contributed by atoms with Crippen molar-refractivity contribution < 1.29 is 9.90 Å². The quantitative estimate of drug-likeness (QED) is 0.724. The predicted molar refractivity (Wildman–Crippen MR) is 97.2 cm³/mol. The fourth-order valence-electron chi connectivity index (χ4n) is 3.23. The molecule has 3 N–H and O–H groups in total. The van der Waals surface area contributed by atoms with Crippen LogP contribution in [0.3, 0.4) is 0 Å². The second-order valence-corrected chi connectivity index (χ2v) is 6.59. The minimum absolute atomic E-state index is 0.0156.